The maximum absolute atomic E-state index is 12.2. The molecule has 2 aromatic carbocycles. The molecule has 0 saturated carbocycles. The molecule has 0 aliphatic heterocycles. The SMILES string of the molecule is COC(=CC(=O)c1ccccc1)C(=O)c1ccccc1. The lowest BCUT2D eigenvalue weighted by molar-refractivity contribution is 0.0937. The minimum atomic E-state index is -0.308. The van der Waals surface area contributed by atoms with E-state index in [1.165, 1.54) is 13.2 Å². The van der Waals surface area contributed by atoms with Crippen LogP contribution in [0.25, 0.3) is 0 Å². The zero-order valence-electron chi connectivity index (χ0n) is 11.1. The summed E-state index contributed by atoms with van der Waals surface area (Å²) in [5.41, 5.74) is 1.00. The Labute approximate surface area is 117 Å². The Morgan fingerprint density at radius 1 is 0.850 bits per heavy atom. The summed E-state index contributed by atoms with van der Waals surface area (Å²) in [5, 5.41) is 0. The molecule has 0 aliphatic rings. The number of benzene rings is 2. The topological polar surface area (TPSA) is 43.4 Å². The van der Waals surface area contributed by atoms with Crippen molar-refractivity contribution in [2.24, 2.45) is 0 Å². The van der Waals surface area contributed by atoms with Gasteiger partial charge < -0.3 is 4.74 Å². The molecule has 0 N–H and O–H groups in total. The zero-order chi connectivity index (χ0) is 14.4. The van der Waals surface area contributed by atoms with Crippen LogP contribution in [0.15, 0.2) is 72.5 Å². The average molecular weight is 266 g/mol. The van der Waals surface area contributed by atoms with E-state index in [-0.39, 0.29) is 17.3 Å². The monoisotopic (exact) mass is 266 g/mol. The molecule has 0 spiro atoms. The van der Waals surface area contributed by atoms with Crippen LogP contribution >= 0.6 is 0 Å². The molecule has 0 aliphatic carbocycles. The van der Waals surface area contributed by atoms with E-state index in [0.717, 1.165) is 0 Å². The fraction of sp³-hybridized carbons (Fsp3) is 0.0588. The summed E-state index contributed by atoms with van der Waals surface area (Å²) in [6, 6.07) is 17.5. The minimum Gasteiger partial charge on any atom is -0.492 e. The molecule has 0 heterocycles. The van der Waals surface area contributed by atoms with Crippen LogP contribution in [-0.4, -0.2) is 18.7 Å². The number of hydrogen-bond donors (Lipinski definition) is 0. The van der Waals surface area contributed by atoms with Crippen molar-refractivity contribution in [3.05, 3.63) is 83.6 Å². The van der Waals surface area contributed by atoms with Gasteiger partial charge in [0, 0.05) is 17.2 Å². The number of hydrogen-bond acceptors (Lipinski definition) is 3. The molecule has 3 heteroatoms. The van der Waals surface area contributed by atoms with Gasteiger partial charge in [-0.1, -0.05) is 60.7 Å². The highest BCUT2D eigenvalue weighted by Gasteiger charge is 2.14. The van der Waals surface area contributed by atoms with Crippen LogP contribution < -0.4 is 0 Å². The van der Waals surface area contributed by atoms with Gasteiger partial charge in [0.15, 0.2) is 11.5 Å². The van der Waals surface area contributed by atoms with Gasteiger partial charge in [0.25, 0.3) is 0 Å². The Morgan fingerprint density at radius 2 is 1.35 bits per heavy atom. The molecule has 100 valence electrons. The second kappa shape index (κ2) is 6.48. The maximum atomic E-state index is 12.2. The Bertz CT molecular complexity index is 628. The first-order valence-electron chi connectivity index (χ1n) is 6.17. The van der Waals surface area contributed by atoms with Crippen LogP contribution in [0.1, 0.15) is 20.7 Å². The smallest absolute Gasteiger partial charge is 0.227 e. The standard InChI is InChI=1S/C17H14O3/c1-20-16(17(19)14-10-6-3-7-11-14)12-15(18)13-8-4-2-5-9-13/h2-12H,1H3. The Balaban J connectivity index is 2.26. The fourth-order valence-electron chi connectivity index (χ4n) is 1.75. The summed E-state index contributed by atoms with van der Waals surface area (Å²) in [5.74, 6) is -0.533. The van der Waals surface area contributed by atoms with E-state index in [4.69, 9.17) is 4.74 Å². The highest BCUT2D eigenvalue weighted by molar-refractivity contribution is 6.13. The predicted octanol–water partition coefficient (Wildman–Crippen LogP) is 3.28. The second-order valence-electron chi connectivity index (χ2n) is 4.14. The van der Waals surface area contributed by atoms with Crippen molar-refractivity contribution in [3.63, 3.8) is 0 Å². The van der Waals surface area contributed by atoms with Crippen LogP contribution in [-0.2, 0) is 4.74 Å². The molecule has 0 amide bonds. The molecular formula is C17H14O3. The fourth-order valence-corrected chi connectivity index (χ4v) is 1.75. The van der Waals surface area contributed by atoms with Gasteiger partial charge in [-0.25, -0.2) is 0 Å². The van der Waals surface area contributed by atoms with Gasteiger partial charge in [-0.2, -0.15) is 0 Å². The lowest BCUT2D eigenvalue weighted by atomic mass is 10.1. The molecule has 3 nitrogen and oxygen atoms in total. The molecule has 20 heavy (non-hydrogen) atoms. The molecule has 2 aromatic rings. The van der Waals surface area contributed by atoms with Gasteiger partial charge in [-0.15, -0.1) is 0 Å². The van der Waals surface area contributed by atoms with E-state index >= 15 is 0 Å². The average Bonchev–Trinajstić information content (AvgIpc) is 2.53. The molecule has 0 aromatic heterocycles. The lowest BCUT2D eigenvalue weighted by Crippen LogP contribution is -2.08. The lowest BCUT2D eigenvalue weighted by Gasteiger charge is -2.05. The second-order valence-corrected chi connectivity index (χ2v) is 4.14. The summed E-state index contributed by atoms with van der Waals surface area (Å²) in [6.45, 7) is 0. The molecule has 0 atom stereocenters. The summed E-state index contributed by atoms with van der Waals surface area (Å²) in [7, 11) is 1.38. The highest BCUT2D eigenvalue weighted by atomic mass is 16.5. The van der Waals surface area contributed by atoms with Gasteiger partial charge >= 0.3 is 0 Å². The number of ketones is 2. The number of allylic oxidation sites excluding steroid dienone is 2. The largest absolute Gasteiger partial charge is 0.492 e. The van der Waals surface area contributed by atoms with Crippen molar-refractivity contribution in [2.45, 2.75) is 0 Å². The summed E-state index contributed by atoms with van der Waals surface area (Å²) in [6.07, 6.45) is 1.23. The van der Waals surface area contributed by atoms with Gasteiger partial charge in [0.05, 0.1) is 7.11 Å². The van der Waals surface area contributed by atoms with Crippen molar-refractivity contribution >= 4 is 11.6 Å². The molecule has 0 fully saturated rings. The quantitative estimate of drug-likeness (QED) is 0.474. The number of carbonyl (C=O) groups is 2. The minimum absolute atomic E-state index is 0.0325. The van der Waals surface area contributed by atoms with E-state index in [2.05, 4.69) is 0 Å². The summed E-state index contributed by atoms with van der Waals surface area (Å²) < 4.78 is 5.05. The van der Waals surface area contributed by atoms with Crippen LogP contribution in [0.4, 0.5) is 0 Å². The molecule has 0 radical (unpaired) electrons. The molecule has 0 saturated heterocycles. The van der Waals surface area contributed by atoms with Gasteiger partial charge in [-0.05, 0) is 0 Å². The van der Waals surface area contributed by atoms with Crippen molar-refractivity contribution in [1.29, 1.82) is 0 Å². The number of ether oxygens (including phenoxy) is 1. The van der Waals surface area contributed by atoms with Crippen LogP contribution in [0.3, 0.4) is 0 Å². The number of rotatable bonds is 5. The highest BCUT2D eigenvalue weighted by Crippen LogP contribution is 2.11. The first-order chi connectivity index (χ1) is 9.72. The third-order valence-corrected chi connectivity index (χ3v) is 2.80. The zero-order valence-corrected chi connectivity index (χ0v) is 11.1. The third-order valence-electron chi connectivity index (χ3n) is 2.80. The van der Waals surface area contributed by atoms with E-state index in [0.29, 0.717) is 11.1 Å². The van der Waals surface area contributed by atoms with Crippen molar-refractivity contribution in [2.75, 3.05) is 7.11 Å². The molecule has 2 rings (SSSR count). The van der Waals surface area contributed by atoms with E-state index in [1.807, 2.05) is 12.1 Å². The normalized spacial score (nSPS) is 10.9. The molecular weight excluding hydrogens is 252 g/mol. The van der Waals surface area contributed by atoms with Crippen molar-refractivity contribution in [3.8, 4) is 0 Å². The van der Waals surface area contributed by atoms with Gasteiger partial charge in [-0.3, -0.25) is 9.59 Å². The Morgan fingerprint density at radius 3 is 1.85 bits per heavy atom. The third kappa shape index (κ3) is 3.20. The molecule has 0 bridgehead atoms. The van der Waals surface area contributed by atoms with E-state index in [9.17, 15) is 9.59 Å². The first kappa shape index (κ1) is 13.7. The number of carbonyl (C=O) groups excluding carboxylic acids is 2. The van der Waals surface area contributed by atoms with Crippen molar-refractivity contribution < 1.29 is 14.3 Å². The number of methoxy groups -OCH3 is 1. The van der Waals surface area contributed by atoms with Crippen LogP contribution in [0.2, 0.25) is 0 Å². The van der Waals surface area contributed by atoms with Crippen molar-refractivity contribution in [1.82, 2.24) is 0 Å². The Kier molecular flexibility index (Phi) is 4.45. The first-order valence-corrected chi connectivity index (χ1v) is 6.17. The molecule has 0 unspecified atom stereocenters. The maximum Gasteiger partial charge on any atom is 0.227 e. The van der Waals surface area contributed by atoms with E-state index in [1.54, 1.807) is 48.5 Å². The van der Waals surface area contributed by atoms with Crippen LogP contribution in [0.5, 0.6) is 0 Å². The summed E-state index contributed by atoms with van der Waals surface area (Å²) in [4.78, 5) is 24.2. The number of Topliss-reactive ketones (excluding diaryl/α,β-unsaturated/α-hetero) is 1. The van der Waals surface area contributed by atoms with Gasteiger partial charge in [0.1, 0.15) is 0 Å². The predicted molar refractivity (Wildman–Crippen MR) is 76.6 cm³/mol. The van der Waals surface area contributed by atoms with E-state index < -0.39 is 0 Å². The van der Waals surface area contributed by atoms with Gasteiger partial charge in [0.2, 0.25) is 5.78 Å². The Hall–Kier alpha value is -2.68. The summed E-state index contributed by atoms with van der Waals surface area (Å²) >= 11 is 0. The van der Waals surface area contributed by atoms with Crippen LogP contribution in [0, 0.1) is 0 Å².